The molecule has 0 bridgehead atoms. The zero-order valence-corrected chi connectivity index (χ0v) is 10.5. The first kappa shape index (κ1) is 13.4. The van der Waals surface area contributed by atoms with Gasteiger partial charge in [0.15, 0.2) is 0 Å². The molecule has 2 atom stereocenters. The van der Waals surface area contributed by atoms with Crippen molar-refractivity contribution in [1.29, 1.82) is 0 Å². The fourth-order valence-corrected chi connectivity index (χ4v) is 2.22. The van der Waals surface area contributed by atoms with Crippen molar-refractivity contribution in [2.45, 2.75) is 18.9 Å². The number of amides is 3. The first-order valence-electron chi connectivity index (χ1n) is 6.29. The molecule has 1 heterocycles. The molecule has 1 aliphatic carbocycles. The summed E-state index contributed by atoms with van der Waals surface area (Å²) in [6, 6.07) is -0.599. The van der Waals surface area contributed by atoms with Gasteiger partial charge >= 0.3 is 12.0 Å². The molecule has 3 N–H and O–H groups in total. The van der Waals surface area contributed by atoms with E-state index in [-0.39, 0.29) is 24.5 Å². The Bertz CT molecular complexity index is 421. The summed E-state index contributed by atoms with van der Waals surface area (Å²) >= 11 is 0. The smallest absolute Gasteiger partial charge is 0.318 e. The predicted octanol–water partition coefficient (Wildman–Crippen LogP) is -0.453. The monoisotopic (exact) mass is 267 g/mol. The Kier molecular flexibility index (Phi) is 4.03. The highest BCUT2D eigenvalue weighted by atomic mass is 16.4. The number of aliphatic carboxylic acids is 1. The van der Waals surface area contributed by atoms with Crippen molar-refractivity contribution in [2.75, 3.05) is 19.6 Å². The highest BCUT2D eigenvalue weighted by molar-refractivity contribution is 5.84. The van der Waals surface area contributed by atoms with Crippen LogP contribution in [0.4, 0.5) is 4.79 Å². The van der Waals surface area contributed by atoms with E-state index in [2.05, 4.69) is 10.6 Å². The summed E-state index contributed by atoms with van der Waals surface area (Å²) in [5.74, 6) is -1.60. The fraction of sp³-hybridized carbons (Fsp3) is 0.583. The number of hydrogen-bond acceptors (Lipinski definition) is 3. The maximum atomic E-state index is 12.0. The molecule has 2 rings (SSSR count). The van der Waals surface area contributed by atoms with Crippen LogP contribution in [-0.2, 0) is 9.59 Å². The van der Waals surface area contributed by atoms with Gasteiger partial charge in [-0.2, -0.15) is 0 Å². The minimum Gasteiger partial charge on any atom is -0.481 e. The van der Waals surface area contributed by atoms with Crippen LogP contribution < -0.4 is 10.6 Å². The van der Waals surface area contributed by atoms with E-state index >= 15 is 0 Å². The molecule has 0 radical (unpaired) electrons. The van der Waals surface area contributed by atoms with Gasteiger partial charge in [0, 0.05) is 13.1 Å². The van der Waals surface area contributed by atoms with Gasteiger partial charge < -0.3 is 20.6 Å². The summed E-state index contributed by atoms with van der Waals surface area (Å²) in [5.41, 5.74) is 0. The fourth-order valence-electron chi connectivity index (χ4n) is 2.22. The molecular weight excluding hydrogens is 250 g/mol. The van der Waals surface area contributed by atoms with Crippen LogP contribution in [0, 0.1) is 5.92 Å². The molecule has 19 heavy (non-hydrogen) atoms. The normalized spacial score (nSPS) is 26.7. The third-order valence-corrected chi connectivity index (χ3v) is 3.26. The molecule has 0 aromatic heterocycles. The first-order chi connectivity index (χ1) is 9.06. The average Bonchev–Trinajstić information content (AvgIpc) is 2.71. The number of urea groups is 1. The summed E-state index contributed by atoms with van der Waals surface area (Å²) in [4.78, 5) is 35.6. The van der Waals surface area contributed by atoms with Gasteiger partial charge in [0.1, 0.15) is 6.54 Å². The Labute approximate surface area is 110 Å². The number of rotatable bonds is 2. The zero-order valence-electron chi connectivity index (χ0n) is 10.5. The molecule has 1 fully saturated rings. The van der Waals surface area contributed by atoms with Gasteiger partial charge in [-0.15, -0.1) is 0 Å². The molecular formula is C12H17N3O4. The van der Waals surface area contributed by atoms with E-state index in [9.17, 15) is 14.4 Å². The van der Waals surface area contributed by atoms with Crippen molar-refractivity contribution in [3.05, 3.63) is 12.2 Å². The Morgan fingerprint density at radius 2 is 2.21 bits per heavy atom. The molecule has 104 valence electrons. The summed E-state index contributed by atoms with van der Waals surface area (Å²) < 4.78 is 0. The lowest BCUT2D eigenvalue weighted by Gasteiger charge is -2.22. The molecule has 2 aliphatic rings. The second-order valence-corrected chi connectivity index (χ2v) is 4.75. The molecule has 0 aromatic carbocycles. The number of carbonyl (C=O) groups excluding carboxylic acids is 2. The maximum Gasteiger partial charge on any atom is 0.318 e. The van der Waals surface area contributed by atoms with E-state index in [1.54, 1.807) is 12.2 Å². The third kappa shape index (κ3) is 3.46. The Morgan fingerprint density at radius 1 is 1.42 bits per heavy atom. The van der Waals surface area contributed by atoms with Gasteiger partial charge in [-0.05, 0) is 12.8 Å². The minimum atomic E-state index is -0.887. The van der Waals surface area contributed by atoms with E-state index in [1.165, 1.54) is 4.90 Å². The van der Waals surface area contributed by atoms with Gasteiger partial charge in [-0.25, -0.2) is 4.79 Å². The van der Waals surface area contributed by atoms with Crippen molar-refractivity contribution in [2.24, 2.45) is 5.92 Å². The zero-order chi connectivity index (χ0) is 13.8. The number of nitrogens with zero attached hydrogens (tertiary/aromatic N) is 1. The van der Waals surface area contributed by atoms with Crippen molar-refractivity contribution in [3.63, 3.8) is 0 Å². The Morgan fingerprint density at radius 3 is 2.89 bits per heavy atom. The van der Waals surface area contributed by atoms with Crippen molar-refractivity contribution in [1.82, 2.24) is 15.5 Å². The molecule has 7 nitrogen and oxygen atoms in total. The lowest BCUT2D eigenvalue weighted by molar-refractivity contribution is -0.140. The van der Waals surface area contributed by atoms with Crippen LogP contribution in [0.3, 0.4) is 0 Å². The highest BCUT2D eigenvalue weighted by Gasteiger charge is 2.27. The number of carboxylic acid groups (broad SMARTS) is 1. The molecule has 0 spiro atoms. The largest absolute Gasteiger partial charge is 0.481 e. The van der Waals surface area contributed by atoms with Gasteiger partial charge in [0.2, 0.25) is 5.91 Å². The third-order valence-electron chi connectivity index (χ3n) is 3.26. The lowest BCUT2D eigenvalue weighted by atomic mass is 10.1. The van der Waals surface area contributed by atoms with Gasteiger partial charge in [0.05, 0.1) is 12.0 Å². The minimum absolute atomic E-state index is 0.0463. The van der Waals surface area contributed by atoms with Crippen LogP contribution in [0.5, 0.6) is 0 Å². The Hall–Kier alpha value is -2.05. The lowest BCUT2D eigenvalue weighted by Crippen LogP contribution is -2.46. The van der Waals surface area contributed by atoms with E-state index < -0.39 is 11.9 Å². The average molecular weight is 267 g/mol. The SMILES string of the molecule is O=C1CN(C(=O)NC2C=CC(C(=O)O)C2)CCCN1. The van der Waals surface area contributed by atoms with Crippen molar-refractivity contribution >= 4 is 17.9 Å². The summed E-state index contributed by atoms with van der Waals surface area (Å²) in [6.07, 6.45) is 4.36. The quantitative estimate of drug-likeness (QED) is 0.590. The van der Waals surface area contributed by atoms with Crippen LogP contribution in [0.1, 0.15) is 12.8 Å². The van der Waals surface area contributed by atoms with Gasteiger partial charge in [0.25, 0.3) is 0 Å². The molecule has 0 aromatic rings. The predicted molar refractivity (Wildman–Crippen MR) is 66.4 cm³/mol. The van der Waals surface area contributed by atoms with Crippen LogP contribution in [-0.4, -0.2) is 53.6 Å². The topological polar surface area (TPSA) is 98.7 Å². The number of nitrogens with one attached hydrogen (secondary N) is 2. The van der Waals surface area contributed by atoms with Crippen molar-refractivity contribution in [3.8, 4) is 0 Å². The van der Waals surface area contributed by atoms with Crippen molar-refractivity contribution < 1.29 is 19.5 Å². The van der Waals surface area contributed by atoms with E-state index in [4.69, 9.17) is 5.11 Å². The van der Waals surface area contributed by atoms with Gasteiger partial charge in [-0.3, -0.25) is 9.59 Å². The molecule has 1 aliphatic heterocycles. The van der Waals surface area contributed by atoms with Gasteiger partial charge in [-0.1, -0.05) is 12.2 Å². The van der Waals surface area contributed by atoms with Crippen LogP contribution in [0.15, 0.2) is 12.2 Å². The summed E-state index contributed by atoms with van der Waals surface area (Å²) in [6.45, 7) is 1.14. The van der Waals surface area contributed by atoms with E-state index in [0.29, 0.717) is 19.5 Å². The molecule has 7 heteroatoms. The molecule has 2 unspecified atom stereocenters. The Balaban J connectivity index is 1.86. The molecule has 0 saturated carbocycles. The molecule has 1 saturated heterocycles. The molecule has 3 amide bonds. The second kappa shape index (κ2) is 5.73. The number of hydrogen-bond donors (Lipinski definition) is 3. The summed E-state index contributed by atoms with van der Waals surface area (Å²) in [5, 5.41) is 14.3. The number of carboxylic acids is 1. The van der Waals surface area contributed by atoms with Crippen LogP contribution >= 0.6 is 0 Å². The highest BCUT2D eigenvalue weighted by Crippen LogP contribution is 2.18. The van der Waals surface area contributed by atoms with E-state index in [0.717, 1.165) is 6.42 Å². The number of carbonyl (C=O) groups is 3. The van der Waals surface area contributed by atoms with Crippen LogP contribution in [0.2, 0.25) is 0 Å². The van der Waals surface area contributed by atoms with E-state index in [1.807, 2.05) is 0 Å². The summed E-state index contributed by atoms with van der Waals surface area (Å²) in [7, 11) is 0. The first-order valence-corrected chi connectivity index (χ1v) is 6.29. The van der Waals surface area contributed by atoms with Crippen LogP contribution in [0.25, 0.3) is 0 Å². The standard InChI is InChI=1S/C12H17N3O4/c16-10-7-15(5-1-4-13-10)12(19)14-9-3-2-8(6-9)11(17)18/h2-3,8-9H,1,4-7H2,(H,13,16)(H,14,19)(H,17,18). The second-order valence-electron chi connectivity index (χ2n) is 4.75. The maximum absolute atomic E-state index is 12.0.